The van der Waals surface area contributed by atoms with Crippen molar-refractivity contribution in [3.8, 4) is 0 Å². The molecule has 0 saturated heterocycles. The molecule has 7 nitrogen and oxygen atoms in total. The van der Waals surface area contributed by atoms with Gasteiger partial charge in [0.05, 0.1) is 12.9 Å². The van der Waals surface area contributed by atoms with E-state index in [1.54, 1.807) is 13.4 Å². The standard InChI is InChI=1S/C8H10O2.5CO.Cr/c1-9-6-2-4-8-5-3-7-10-8;5*1-2;/h2-5,7H,6H2,1H3;;;;;;/b4-2+;;;;;;. The van der Waals surface area contributed by atoms with Crippen molar-refractivity contribution in [3.05, 3.63) is 63.5 Å². The Balaban J connectivity index is -0.0000000440. The molecule has 1 aromatic rings. The molecule has 0 bridgehead atoms. The van der Waals surface area contributed by atoms with Gasteiger partial charge in [-0.3, -0.25) is 0 Å². The van der Waals surface area contributed by atoms with Gasteiger partial charge >= 0.3 is 56.5 Å². The minimum absolute atomic E-state index is 0. The zero-order valence-electron chi connectivity index (χ0n) is 10.9. The van der Waals surface area contributed by atoms with Crippen molar-refractivity contribution in [1.82, 2.24) is 0 Å². The summed E-state index contributed by atoms with van der Waals surface area (Å²) in [6.07, 6.45) is 5.43. The summed E-state index contributed by atoms with van der Waals surface area (Å²) in [5, 5.41) is 0. The van der Waals surface area contributed by atoms with Gasteiger partial charge in [0.1, 0.15) is 5.76 Å². The van der Waals surface area contributed by atoms with E-state index in [1.165, 1.54) is 0 Å². The van der Waals surface area contributed by atoms with Gasteiger partial charge in [0.2, 0.25) is 0 Å². The fraction of sp³-hybridized carbons (Fsp3) is 0.154. The average Bonchev–Trinajstić information content (AvgIpc) is 3.11. The molecule has 21 heavy (non-hydrogen) atoms. The number of rotatable bonds is 3. The van der Waals surface area contributed by atoms with Crippen LogP contribution < -0.4 is 0 Å². The Hall–Kier alpha value is -1.79. The van der Waals surface area contributed by atoms with E-state index in [1.807, 2.05) is 24.3 Å². The predicted octanol–water partition coefficient (Wildman–Crippen LogP) is 1.75. The van der Waals surface area contributed by atoms with Crippen LogP contribution in [0.1, 0.15) is 5.76 Å². The molecule has 0 fully saturated rings. The van der Waals surface area contributed by atoms with Gasteiger partial charge in [-0.1, -0.05) is 6.08 Å². The summed E-state index contributed by atoms with van der Waals surface area (Å²) >= 11 is 0. The van der Waals surface area contributed by atoms with Gasteiger partial charge in [0.25, 0.3) is 0 Å². The number of methoxy groups -OCH3 is 1. The van der Waals surface area contributed by atoms with Crippen LogP contribution in [-0.4, -0.2) is 13.7 Å². The Morgan fingerprint density at radius 1 is 1.00 bits per heavy atom. The van der Waals surface area contributed by atoms with Crippen LogP contribution in [0.25, 0.3) is 6.08 Å². The molecular formula is C13H10CrO7. The largest absolute Gasteiger partial charge is 0 e. The molecule has 0 spiro atoms. The zero-order chi connectivity index (χ0) is 17.2. The number of ether oxygens (including phenoxy) is 1. The predicted molar refractivity (Wildman–Crippen MR) is 59.3 cm³/mol. The van der Waals surface area contributed by atoms with Crippen molar-refractivity contribution in [2.75, 3.05) is 13.7 Å². The summed E-state index contributed by atoms with van der Waals surface area (Å²) in [7, 11) is 1.66. The Morgan fingerprint density at radius 2 is 1.43 bits per heavy atom. The molecule has 0 aliphatic rings. The first-order valence-electron chi connectivity index (χ1n) is 4.14. The summed E-state index contributed by atoms with van der Waals surface area (Å²) < 4.78 is 47.3. The quantitative estimate of drug-likeness (QED) is 0.619. The summed E-state index contributed by atoms with van der Waals surface area (Å²) in [6.45, 7) is 23.1. The average molecular weight is 330 g/mol. The molecule has 0 atom stereocenters. The third-order valence-electron chi connectivity index (χ3n) is 1.09. The normalized spacial score (nSPS) is 5.67. The maximum atomic E-state index is 7.50. The first-order chi connectivity index (χ1) is 9.93. The zero-order valence-corrected chi connectivity index (χ0v) is 12.1. The molecule has 0 aliphatic heterocycles. The van der Waals surface area contributed by atoms with Crippen molar-refractivity contribution in [3.63, 3.8) is 0 Å². The van der Waals surface area contributed by atoms with Crippen molar-refractivity contribution < 1.29 is 49.8 Å². The molecule has 1 rings (SSSR count). The van der Waals surface area contributed by atoms with E-state index in [0.717, 1.165) is 5.76 Å². The SMILES string of the molecule is COC/C=C/c1ccco1.[C-]#[O+].[C-]#[O+].[C-]#[O+].[C-]#[O+].[C-]#[O+].[Cr]. The van der Waals surface area contributed by atoms with E-state index >= 15 is 0 Å². The van der Waals surface area contributed by atoms with Crippen molar-refractivity contribution in [2.24, 2.45) is 0 Å². The molecule has 0 aromatic carbocycles. The minimum Gasteiger partial charge on any atom is 0 e. The van der Waals surface area contributed by atoms with Gasteiger partial charge in [-0.25, -0.2) is 0 Å². The molecule has 0 radical (unpaired) electrons. The molecule has 8 heteroatoms. The van der Waals surface area contributed by atoms with Gasteiger partial charge in [-0.05, 0) is 18.2 Å². The summed E-state index contributed by atoms with van der Waals surface area (Å²) in [5.41, 5.74) is 0. The van der Waals surface area contributed by atoms with Crippen LogP contribution >= 0.6 is 0 Å². The molecule has 0 saturated carbocycles. The summed E-state index contributed by atoms with van der Waals surface area (Å²) in [4.78, 5) is 0. The molecular weight excluding hydrogens is 320 g/mol. The van der Waals surface area contributed by atoms with Crippen LogP contribution in [-0.2, 0) is 45.4 Å². The maximum Gasteiger partial charge on any atom is 0 e. The summed E-state index contributed by atoms with van der Waals surface area (Å²) in [6, 6.07) is 3.75. The third kappa shape index (κ3) is 45.9. The molecule has 0 amide bonds. The second kappa shape index (κ2) is 63.6. The molecule has 1 aromatic heterocycles. The van der Waals surface area contributed by atoms with Crippen LogP contribution in [0.2, 0.25) is 0 Å². The van der Waals surface area contributed by atoms with Crippen molar-refractivity contribution in [1.29, 1.82) is 0 Å². The molecule has 0 unspecified atom stereocenters. The first-order valence-corrected chi connectivity index (χ1v) is 4.14. The Kier molecular flexibility index (Phi) is 111. The Labute approximate surface area is 133 Å². The van der Waals surface area contributed by atoms with Gasteiger partial charge in [0, 0.05) is 24.5 Å². The minimum atomic E-state index is 0. The molecule has 0 aliphatic carbocycles. The topological polar surface area (TPSA) is 122 Å². The smallest absolute Gasteiger partial charge is 0 e. The number of furan rings is 1. The Bertz CT molecular complexity index is 337. The monoisotopic (exact) mass is 330 g/mol. The Morgan fingerprint density at radius 3 is 1.71 bits per heavy atom. The number of hydrogen-bond donors (Lipinski definition) is 0. The van der Waals surface area contributed by atoms with Gasteiger partial charge in [-0.15, -0.1) is 0 Å². The van der Waals surface area contributed by atoms with Crippen LogP contribution in [0.4, 0.5) is 0 Å². The van der Waals surface area contributed by atoms with E-state index in [9.17, 15) is 0 Å². The van der Waals surface area contributed by atoms with E-state index in [4.69, 9.17) is 32.4 Å². The van der Waals surface area contributed by atoms with Crippen LogP contribution in [0.5, 0.6) is 0 Å². The van der Waals surface area contributed by atoms with E-state index in [-0.39, 0.29) is 17.4 Å². The van der Waals surface area contributed by atoms with Crippen LogP contribution in [0.3, 0.4) is 0 Å². The summed E-state index contributed by atoms with van der Waals surface area (Å²) in [5.74, 6) is 0.858. The fourth-order valence-electron chi connectivity index (χ4n) is 0.647. The maximum absolute atomic E-state index is 7.50. The van der Waals surface area contributed by atoms with E-state index in [2.05, 4.69) is 33.3 Å². The second-order valence-corrected chi connectivity index (χ2v) is 1.87. The second-order valence-electron chi connectivity index (χ2n) is 1.87. The van der Waals surface area contributed by atoms with Crippen molar-refractivity contribution in [2.45, 2.75) is 0 Å². The third-order valence-corrected chi connectivity index (χ3v) is 1.09. The molecule has 110 valence electrons. The van der Waals surface area contributed by atoms with E-state index < -0.39 is 0 Å². The van der Waals surface area contributed by atoms with E-state index in [0.29, 0.717) is 6.61 Å². The fourth-order valence-corrected chi connectivity index (χ4v) is 0.647. The van der Waals surface area contributed by atoms with Crippen molar-refractivity contribution >= 4 is 6.08 Å². The number of hydrogen-bond acceptors (Lipinski definition) is 2. The van der Waals surface area contributed by atoms with Gasteiger partial charge < -0.3 is 9.15 Å². The van der Waals surface area contributed by atoms with Crippen LogP contribution in [0.15, 0.2) is 28.9 Å². The molecule has 1 heterocycles. The van der Waals surface area contributed by atoms with Gasteiger partial charge in [-0.2, -0.15) is 0 Å². The first kappa shape index (κ1) is 36.5. The molecule has 0 N–H and O–H groups in total. The van der Waals surface area contributed by atoms with Gasteiger partial charge in [0.15, 0.2) is 0 Å². The van der Waals surface area contributed by atoms with Crippen LogP contribution in [0, 0.1) is 33.3 Å².